The van der Waals surface area contributed by atoms with Crippen LogP contribution in [0.25, 0.3) is 0 Å². The molecule has 3 heteroatoms. The zero-order chi connectivity index (χ0) is 14.5. The first-order chi connectivity index (χ1) is 9.65. The van der Waals surface area contributed by atoms with Gasteiger partial charge in [0.15, 0.2) is 0 Å². The van der Waals surface area contributed by atoms with Gasteiger partial charge in [0.25, 0.3) is 0 Å². The highest BCUT2D eigenvalue weighted by Crippen LogP contribution is 2.27. The Kier molecular flexibility index (Phi) is 5.07. The smallest absolute Gasteiger partial charge is 0.0581 e. The predicted molar refractivity (Wildman–Crippen MR) is 91.1 cm³/mol. The fourth-order valence-corrected chi connectivity index (χ4v) is 3.44. The third-order valence-electron chi connectivity index (χ3n) is 3.67. The van der Waals surface area contributed by atoms with Crippen LogP contribution in [0.1, 0.15) is 37.3 Å². The first kappa shape index (κ1) is 14.9. The lowest BCUT2D eigenvalue weighted by Crippen LogP contribution is -2.21. The Morgan fingerprint density at radius 1 is 1.10 bits per heavy atom. The molecule has 2 nitrogen and oxygen atoms in total. The molecule has 0 aliphatic rings. The van der Waals surface area contributed by atoms with Crippen LogP contribution in [0.4, 0.5) is 11.4 Å². The number of hydrogen-bond acceptors (Lipinski definition) is 3. The van der Waals surface area contributed by atoms with E-state index in [9.17, 15) is 0 Å². The van der Waals surface area contributed by atoms with E-state index in [0.717, 1.165) is 13.1 Å². The summed E-state index contributed by atoms with van der Waals surface area (Å²) in [6, 6.07) is 11.3. The molecule has 1 aromatic heterocycles. The number of nitrogens with one attached hydrogen (secondary N) is 1. The van der Waals surface area contributed by atoms with Gasteiger partial charge >= 0.3 is 0 Å². The van der Waals surface area contributed by atoms with Crippen LogP contribution in [0.5, 0.6) is 0 Å². The lowest BCUT2D eigenvalue weighted by molar-refractivity contribution is 0.865. The van der Waals surface area contributed by atoms with Gasteiger partial charge in [0.2, 0.25) is 0 Å². The SMILES string of the molecule is CCN(CC)c1ccc(NC(C)c2sccc2C)cc1. The number of rotatable bonds is 6. The van der Waals surface area contributed by atoms with Crippen molar-refractivity contribution >= 4 is 22.7 Å². The van der Waals surface area contributed by atoms with Gasteiger partial charge in [-0.25, -0.2) is 0 Å². The molecule has 2 rings (SSSR count). The molecule has 0 bridgehead atoms. The molecule has 1 aromatic carbocycles. The van der Waals surface area contributed by atoms with Crippen LogP contribution in [-0.4, -0.2) is 13.1 Å². The second kappa shape index (κ2) is 6.80. The van der Waals surface area contributed by atoms with E-state index in [4.69, 9.17) is 0 Å². The molecule has 0 aliphatic carbocycles. The molecule has 0 saturated carbocycles. The molecular weight excluding hydrogens is 264 g/mol. The van der Waals surface area contributed by atoms with Crippen molar-refractivity contribution in [3.05, 3.63) is 46.2 Å². The number of anilines is 2. The third kappa shape index (κ3) is 3.34. The highest BCUT2D eigenvalue weighted by Gasteiger charge is 2.09. The maximum atomic E-state index is 3.58. The van der Waals surface area contributed by atoms with Crippen LogP contribution >= 0.6 is 11.3 Å². The van der Waals surface area contributed by atoms with E-state index in [1.54, 1.807) is 0 Å². The molecule has 0 saturated heterocycles. The maximum absolute atomic E-state index is 3.58. The largest absolute Gasteiger partial charge is 0.378 e. The Morgan fingerprint density at radius 3 is 2.25 bits per heavy atom. The number of hydrogen-bond donors (Lipinski definition) is 1. The summed E-state index contributed by atoms with van der Waals surface area (Å²) in [4.78, 5) is 3.77. The van der Waals surface area contributed by atoms with Crippen molar-refractivity contribution in [3.8, 4) is 0 Å². The van der Waals surface area contributed by atoms with Gasteiger partial charge in [-0.15, -0.1) is 11.3 Å². The molecule has 1 heterocycles. The van der Waals surface area contributed by atoms with Crippen LogP contribution in [0.3, 0.4) is 0 Å². The van der Waals surface area contributed by atoms with Crippen LogP contribution in [-0.2, 0) is 0 Å². The first-order valence-electron chi connectivity index (χ1n) is 7.31. The van der Waals surface area contributed by atoms with Gasteiger partial charge in [-0.1, -0.05) is 0 Å². The quantitative estimate of drug-likeness (QED) is 0.797. The topological polar surface area (TPSA) is 15.3 Å². The Hall–Kier alpha value is -1.48. The van der Waals surface area contributed by atoms with Crippen molar-refractivity contribution in [3.63, 3.8) is 0 Å². The predicted octanol–water partition coefficient (Wildman–Crippen LogP) is 5.08. The molecule has 1 atom stereocenters. The fraction of sp³-hybridized carbons (Fsp3) is 0.412. The molecule has 0 radical (unpaired) electrons. The molecular formula is C17H24N2S. The molecule has 0 spiro atoms. The maximum Gasteiger partial charge on any atom is 0.0581 e. The zero-order valence-electron chi connectivity index (χ0n) is 12.8. The van der Waals surface area contributed by atoms with Crippen molar-refractivity contribution in [1.29, 1.82) is 0 Å². The summed E-state index contributed by atoms with van der Waals surface area (Å²) in [6.07, 6.45) is 0. The number of aryl methyl sites for hydroxylation is 1. The average molecular weight is 288 g/mol. The third-order valence-corrected chi connectivity index (χ3v) is 4.88. The minimum Gasteiger partial charge on any atom is -0.378 e. The van der Waals surface area contributed by atoms with Crippen LogP contribution < -0.4 is 10.2 Å². The Labute approximate surface area is 126 Å². The van der Waals surface area contributed by atoms with Crippen molar-refractivity contribution in [2.75, 3.05) is 23.3 Å². The molecule has 1 N–H and O–H groups in total. The van der Waals surface area contributed by atoms with E-state index in [-0.39, 0.29) is 0 Å². The van der Waals surface area contributed by atoms with Gasteiger partial charge < -0.3 is 10.2 Å². The van der Waals surface area contributed by atoms with Gasteiger partial charge in [0.05, 0.1) is 6.04 Å². The number of thiophene rings is 1. The summed E-state index contributed by atoms with van der Waals surface area (Å²) in [6.45, 7) is 10.9. The van der Waals surface area contributed by atoms with E-state index in [1.165, 1.54) is 21.8 Å². The zero-order valence-corrected chi connectivity index (χ0v) is 13.6. The molecule has 108 valence electrons. The van der Waals surface area contributed by atoms with Crippen molar-refractivity contribution < 1.29 is 0 Å². The van der Waals surface area contributed by atoms with E-state index < -0.39 is 0 Å². The normalized spacial score (nSPS) is 12.2. The second-order valence-corrected chi connectivity index (χ2v) is 6.00. The number of nitrogens with zero attached hydrogens (tertiary/aromatic N) is 1. The summed E-state index contributed by atoms with van der Waals surface area (Å²) in [7, 11) is 0. The van der Waals surface area contributed by atoms with Gasteiger partial charge in [-0.3, -0.25) is 0 Å². The monoisotopic (exact) mass is 288 g/mol. The summed E-state index contributed by atoms with van der Waals surface area (Å²) < 4.78 is 0. The lowest BCUT2D eigenvalue weighted by Gasteiger charge is -2.22. The highest BCUT2D eigenvalue weighted by molar-refractivity contribution is 7.10. The van der Waals surface area contributed by atoms with Crippen molar-refractivity contribution in [2.45, 2.75) is 33.7 Å². The molecule has 0 amide bonds. The van der Waals surface area contributed by atoms with Crippen molar-refractivity contribution in [1.82, 2.24) is 0 Å². The molecule has 2 aromatic rings. The van der Waals surface area contributed by atoms with Crippen molar-refractivity contribution in [2.24, 2.45) is 0 Å². The Bertz CT molecular complexity index is 526. The Morgan fingerprint density at radius 2 is 1.75 bits per heavy atom. The molecule has 20 heavy (non-hydrogen) atoms. The minimum atomic E-state index is 0.356. The van der Waals surface area contributed by atoms with Gasteiger partial charge in [-0.05, 0) is 69.0 Å². The molecule has 0 fully saturated rings. The van der Waals surface area contributed by atoms with E-state index in [2.05, 4.69) is 73.6 Å². The van der Waals surface area contributed by atoms with E-state index >= 15 is 0 Å². The van der Waals surface area contributed by atoms with Crippen LogP contribution in [0.15, 0.2) is 35.7 Å². The molecule has 0 aliphatic heterocycles. The van der Waals surface area contributed by atoms with Gasteiger partial charge in [-0.2, -0.15) is 0 Å². The fourth-order valence-electron chi connectivity index (χ4n) is 2.50. The van der Waals surface area contributed by atoms with E-state index in [1.807, 2.05) is 11.3 Å². The summed E-state index contributed by atoms with van der Waals surface area (Å²) in [5.74, 6) is 0. The summed E-state index contributed by atoms with van der Waals surface area (Å²) in [5.41, 5.74) is 3.84. The first-order valence-corrected chi connectivity index (χ1v) is 8.19. The van der Waals surface area contributed by atoms with Gasteiger partial charge in [0, 0.05) is 29.3 Å². The van der Waals surface area contributed by atoms with Crippen LogP contribution in [0, 0.1) is 6.92 Å². The second-order valence-electron chi connectivity index (χ2n) is 5.05. The average Bonchev–Trinajstić information content (AvgIpc) is 2.88. The molecule has 1 unspecified atom stereocenters. The number of benzene rings is 1. The summed E-state index contributed by atoms with van der Waals surface area (Å²) >= 11 is 1.82. The van der Waals surface area contributed by atoms with E-state index in [0.29, 0.717) is 6.04 Å². The lowest BCUT2D eigenvalue weighted by atomic mass is 10.1. The van der Waals surface area contributed by atoms with Crippen LogP contribution in [0.2, 0.25) is 0 Å². The minimum absolute atomic E-state index is 0.356. The standard InChI is InChI=1S/C17H24N2S/c1-5-19(6-2)16-9-7-15(8-10-16)18-14(4)17-13(3)11-12-20-17/h7-12,14,18H,5-6H2,1-4H3. The summed E-state index contributed by atoms with van der Waals surface area (Å²) in [5, 5.41) is 5.74. The van der Waals surface area contributed by atoms with Gasteiger partial charge in [0.1, 0.15) is 0 Å². The highest BCUT2D eigenvalue weighted by atomic mass is 32.1. The Balaban J connectivity index is 2.06.